The van der Waals surface area contributed by atoms with E-state index in [4.69, 9.17) is 4.74 Å². The first kappa shape index (κ1) is 18.1. The van der Waals surface area contributed by atoms with Gasteiger partial charge in [0.2, 0.25) is 5.91 Å². The first-order valence-corrected chi connectivity index (χ1v) is 9.73. The van der Waals surface area contributed by atoms with Gasteiger partial charge in [0.15, 0.2) is 5.82 Å². The second kappa shape index (κ2) is 8.58. The van der Waals surface area contributed by atoms with Gasteiger partial charge in [0, 0.05) is 25.8 Å². The second-order valence-electron chi connectivity index (χ2n) is 7.24. The van der Waals surface area contributed by atoms with Crippen LogP contribution < -0.4 is 5.32 Å². The van der Waals surface area contributed by atoms with E-state index in [9.17, 15) is 4.79 Å². The normalized spacial score (nSPS) is 21.9. The first-order valence-electron chi connectivity index (χ1n) is 9.73. The second-order valence-corrected chi connectivity index (χ2v) is 7.24. The first-order chi connectivity index (χ1) is 13.3. The lowest BCUT2D eigenvalue weighted by molar-refractivity contribution is -0.127. The molecule has 3 heterocycles. The van der Waals surface area contributed by atoms with Crippen LogP contribution in [0.25, 0.3) is 5.69 Å². The van der Waals surface area contributed by atoms with Gasteiger partial charge < -0.3 is 10.1 Å². The molecule has 2 aliphatic rings. The molecule has 1 atom stereocenters. The number of carbonyl (C=O) groups is 1. The number of carbonyl (C=O) groups excluding carboxylic acids is 1. The van der Waals surface area contributed by atoms with E-state index in [0.717, 1.165) is 57.7 Å². The lowest BCUT2D eigenvalue weighted by Crippen LogP contribution is -2.48. The maximum Gasteiger partial charge on any atom is 0.224 e. The lowest BCUT2D eigenvalue weighted by atomic mass is 9.94. The molecule has 2 fully saturated rings. The van der Waals surface area contributed by atoms with Crippen LogP contribution in [0, 0.1) is 5.92 Å². The number of tetrazole rings is 1. The fourth-order valence-corrected chi connectivity index (χ4v) is 4.00. The minimum atomic E-state index is 0.0302. The molecular formula is C19H26N6O2. The highest BCUT2D eigenvalue weighted by molar-refractivity contribution is 5.78. The van der Waals surface area contributed by atoms with Crippen molar-refractivity contribution in [1.82, 2.24) is 30.4 Å². The van der Waals surface area contributed by atoms with Crippen molar-refractivity contribution < 1.29 is 9.53 Å². The monoisotopic (exact) mass is 370 g/mol. The fraction of sp³-hybridized carbons (Fsp3) is 0.579. The Morgan fingerprint density at radius 2 is 2.00 bits per heavy atom. The molecule has 1 aromatic carbocycles. The number of aromatic nitrogens is 4. The number of nitrogens with one attached hydrogen (secondary N) is 1. The molecule has 2 saturated heterocycles. The van der Waals surface area contributed by atoms with E-state index in [1.54, 1.807) is 4.68 Å². The van der Waals surface area contributed by atoms with Crippen molar-refractivity contribution in [3.63, 3.8) is 0 Å². The van der Waals surface area contributed by atoms with Gasteiger partial charge in [0.05, 0.1) is 18.2 Å². The summed E-state index contributed by atoms with van der Waals surface area (Å²) in [5.74, 6) is 0.753. The van der Waals surface area contributed by atoms with Crippen LogP contribution in [-0.4, -0.2) is 63.4 Å². The topological polar surface area (TPSA) is 85.2 Å². The van der Waals surface area contributed by atoms with Gasteiger partial charge in [-0.05, 0) is 54.8 Å². The Morgan fingerprint density at radius 3 is 2.81 bits per heavy atom. The minimum Gasteiger partial charge on any atom is -0.381 e. The summed E-state index contributed by atoms with van der Waals surface area (Å²) in [7, 11) is 0. The van der Waals surface area contributed by atoms with E-state index >= 15 is 0 Å². The van der Waals surface area contributed by atoms with Crippen molar-refractivity contribution >= 4 is 5.91 Å². The molecule has 0 radical (unpaired) electrons. The summed E-state index contributed by atoms with van der Waals surface area (Å²) in [6.45, 7) is 3.91. The molecule has 8 nitrogen and oxygen atoms in total. The quantitative estimate of drug-likeness (QED) is 0.850. The van der Waals surface area contributed by atoms with Gasteiger partial charge in [-0.3, -0.25) is 9.69 Å². The molecule has 0 saturated carbocycles. The smallest absolute Gasteiger partial charge is 0.224 e. The Bertz CT molecular complexity index is 744. The zero-order chi connectivity index (χ0) is 18.5. The van der Waals surface area contributed by atoms with Crippen LogP contribution in [0.15, 0.2) is 30.3 Å². The highest BCUT2D eigenvalue weighted by Crippen LogP contribution is 2.23. The molecular weight excluding hydrogens is 344 g/mol. The Morgan fingerprint density at radius 1 is 1.19 bits per heavy atom. The van der Waals surface area contributed by atoms with Crippen LogP contribution in [0.2, 0.25) is 0 Å². The number of nitrogens with zero attached hydrogens (tertiary/aromatic N) is 5. The van der Waals surface area contributed by atoms with E-state index in [-0.39, 0.29) is 11.8 Å². The van der Waals surface area contributed by atoms with E-state index in [0.29, 0.717) is 18.4 Å². The van der Waals surface area contributed by atoms with Gasteiger partial charge in [0.1, 0.15) is 0 Å². The summed E-state index contributed by atoms with van der Waals surface area (Å²) in [5, 5.41) is 14.9. The van der Waals surface area contributed by atoms with Gasteiger partial charge in [-0.15, -0.1) is 5.10 Å². The highest BCUT2D eigenvalue weighted by Gasteiger charge is 2.30. The molecule has 2 aromatic rings. The zero-order valence-corrected chi connectivity index (χ0v) is 15.5. The summed E-state index contributed by atoms with van der Waals surface area (Å²) >= 11 is 0. The summed E-state index contributed by atoms with van der Waals surface area (Å²) in [4.78, 5) is 15.2. The minimum absolute atomic E-state index is 0.0302. The summed E-state index contributed by atoms with van der Waals surface area (Å²) < 4.78 is 7.13. The summed E-state index contributed by atoms with van der Waals surface area (Å²) in [6.07, 6.45) is 4.15. The van der Waals surface area contributed by atoms with Crippen LogP contribution in [-0.2, 0) is 16.1 Å². The van der Waals surface area contributed by atoms with Crippen molar-refractivity contribution in [3.8, 4) is 5.69 Å². The maximum atomic E-state index is 12.7. The zero-order valence-electron chi connectivity index (χ0n) is 15.5. The molecule has 27 heavy (non-hydrogen) atoms. The fourth-order valence-electron chi connectivity index (χ4n) is 4.00. The predicted octanol–water partition coefficient (Wildman–Crippen LogP) is 1.17. The van der Waals surface area contributed by atoms with Gasteiger partial charge >= 0.3 is 0 Å². The molecule has 4 rings (SSSR count). The largest absolute Gasteiger partial charge is 0.381 e. The number of likely N-dealkylation sites (tertiary alicyclic amines) is 1. The number of para-hydroxylation sites is 1. The number of ether oxygens (including phenoxy) is 1. The molecule has 144 valence electrons. The molecule has 8 heteroatoms. The molecule has 1 N–H and O–H groups in total. The Hall–Kier alpha value is -2.32. The van der Waals surface area contributed by atoms with Gasteiger partial charge in [-0.2, -0.15) is 4.68 Å². The third-order valence-corrected chi connectivity index (χ3v) is 5.49. The Balaban J connectivity index is 1.34. The van der Waals surface area contributed by atoms with Crippen molar-refractivity contribution in [2.24, 2.45) is 5.92 Å². The average Bonchev–Trinajstić information content (AvgIpc) is 3.22. The van der Waals surface area contributed by atoms with Crippen LogP contribution in [0.1, 0.15) is 31.5 Å². The number of hydrogen-bond acceptors (Lipinski definition) is 6. The molecule has 2 aliphatic heterocycles. The van der Waals surface area contributed by atoms with Crippen LogP contribution in [0.5, 0.6) is 0 Å². The molecule has 1 amide bonds. The lowest BCUT2D eigenvalue weighted by Gasteiger charge is -2.39. The SMILES string of the molecule is O=C(NCc1nnnn1-c1ccccc1)C1CCCN(C2CCOCC2)C1. The van der Waals surface area contributed by atoms with Crippen molar-refractivity contribution in [2.75, 3.05) is 26.3 Å². The van der Waals surface area contributed by atoms with Gasteiger partial charge in [0.25, 0.3) is 0 Å². The highest BCUT2D eigenvalue weighted by atomic mass is 16.5. The summed E-state index contributed by atoms with van der Waals surface area (Å²) in [5.41, 5.74) is 0.884. The Kier molecular flexibility index (Phi) is 5.74. The number of amides is 1. The Labute approximate surface area is 158 Å². The van der Waals surface area contributed by atoms with Crippen LogP contribution in [0.4, 0.5) is 0 Å². The van der Waals surface area contributed by atoms with Crippen molar-refractivity contribution in [1.29, 1.82) is 0 Å². The van der Waals surface area contributed by atoms with Gasteiger partial charge in [-0.25, -0.2) is 0 Å². The molecule has 1 unspecified atom stereocenters. The van der Waals surface area contributed by atoms with E-state index in [1.165, 1.54) is 0 Å². The molecule has 0 bridgehead atoms. The number of benzene rings is 1. The van der Waals surface area contributed by atoms with E-state index in [1.807, 2.05) is 30.3 Å². The average molecular weight is 370 g/mol. The summed E-state index contributed by atoms with van der Waals surface area (Å²) in [6, 6.07) is 10.3. The van der Waals surface area contributed by atoms with Crippen molar-refractivity contribution in [2.45, 2.75) is 38.3 Å². The number of hydrogen-bond donors (Lipinski definition) is 1. The van der Waals surface area contributed by atoms with Crippen LogP contribution in [0.3, 0.4) is 0 Å². The molecule has 1 aromatic heterocycles. The number of rotatable bonds is 5. The standard InChI is InChI=1S/C19H26N6O2/c26-19(15-5-4-10-24(14-15)16-8-11-27-12-9-16)20-13-18-21-22-23-25(18)17-6-2-1-3-7-17/h1-3,6-7,15-16H,4-5,8-14H2,(H,20,26). The number of piperidine rings is 1. The molecule has 0 aliphatic carbocycles. The van der Waals surface area contributed by atoms with E-state index < -0.39 is 0 Å². The van der Waals surface area contributed by atoms with Crippen LogP contribution >= 0.6 is 0 Å². The predicted molar refractivity (Wildman–Crippen MR) is 99.1 cm³/mol. The van der Waals surface area contributed by atoms with Gasteiger partial charge in [-0.1, -0.05) is 18.2 Å². The third kappa shape index (κ3) is 4.33. The third-order valence-electron chi connectivity index (χ3n) is 5.49. The maximum absolute atomic E-state index is 12.7. The van der Waals surface area contributed by atoms with Crippen molar-refractivity contribution in [3.05, 3.63) is 36.2 Å². The van der Waals surface area contributed by atoms with E-state index in [2.05, 4.69) is 25.7 Å². The molecule has 0 spiro atoms.